The number of hydrogen-bond donors (Lipinski definition) is 1. The molecule has 0 aliphatic carbocycles. The van der Waals surface area contributed by atoms with Gasteiger partial charge in [-0.25, -0.2) is 4.39 Å². The van der Waals surface area contributed by atoms with Crippen molar-refractivity contribution in [3.63, 3.8) is 0 Å². The Bertz CT molecular complexity index is 697. The molecule has 0 aliphatic rings. The molecule has 4 nitrogen and oxygen atoms in total. The van der Waals surface area contributed by atoms with Crippen LogP contribution in [0.1, 0.15) is 0 Å². The molecule has 23 heavy (non-hydrogen) atoms. The van der Waals surface area contributed by atoms with Crippen molar-refractivity contribution in [1.82, 2.24) is 0 Å². The highest BCUT2D eigenvalue weighted by Gasteiger charge is 2.09. The molecule has 1 amide bonds. The molecule has 0 saturated carbocycles. The minimum absolute atomic E-state index is 0.0981. The number of thioether (sulfide) groups is 1. The van der Waals surface area contributed by atoms with Crippen molar-refractivity contribution in [2.45, 2.75) is 4.90 Å². The molecule has 1 N–H and O–H groups in total. The lowest BCUT2D eigenvalue weighted by Crippen LogP contribution is -2.21. The number of nitrogens with one attached hydrogen (secondary N) is 1. The van der Waals surface area contributed by atoms with Crippen molar-refractivity contribution in [1.29, 1.82) is 0 Å². The van der Waals surface area contributed by atoms with Crippen LogP contribution in [0.4, 0.5) is 10.1 Å². The van der Waals surface area contributed by atoms with Crippen molar-refractivity contribution in [2.24, 2.45) is 0 Å². The molecule has 0 saturated heterocycles. The average molecular weight is 354 g/mol. The summed E-state index contributed by atoms with van der Waals surface area (Å²) in [6.07, 6.45) is 0. The smallest absolute Gasteiger partial charge is 0.316 e. The summed E-state index contributed by atoms with van der Waals surface area (Å²) in [6.45, 7) is -0.414. The molecule has 0 aromatic heterocycles. The maximum atomic E-state index is 13.0. The largest absolute Gasteiger partial charge is 0.455 e. The molecule has 2 aromatic carbocycles. The van der Waals surface area contributed by atoms with Gasteiger partial charge in [0.25, 0.3) is 5.91 Å². The van der Waals surface area contributed by atoms with E-state index in [1.165, 1.54) is 23.9 Å². The predicted octanol–water partition coefficient (Wildman–Crippen LogP) is 3.75. The third-order valence-corrected chi connectivity index (χ3v) is 3.94. The lowest BCUT2D eigenvalue weighted by molar-refractivity contribution is -0.144. The van der Waals surface area contributed by atoms with Crippen LogP contribution in [0.2, 0.25) is 5.02 Å². The number of ether oxygens (including phenoxy) is 1. The van der Waals surface area contributed by atoms with Crippen LogP contribution in [-0.2, 0) is 14.3 Å². The van der Waals surface area contributed by atoms with Crippen LogP contribution in [0.15, 0.2) is 53.4 Å². The molecule has 0 spiro atoms. The minimum Gasteiger partial charge on any atom is -0.455 e. The Labute approximate surface area is 142 Å². The van der Waals surface area contributed by atoms with Crippen LogP contribution < -0.4 is 5.32 Å². The second-order valence-corrected chi connectivity index (χ2v) is 5.90. The first-order valence-electron chi connectivity index (χ1n) is 6.63. The second-order valence-electron chi connectivity index (χ2n) is 4.44. The Hall–Kier alpha value is -2.05. The molecule has 0 unspecified atom stereocenters. The molecule has 7 heteroatoms. The number of hydrogen-bond acceptors (Lipinski definition) is 4. The summed E-state index contributed by atoms with van der Waals surface area (Å²) in [5, 5.41) is 2.37. The van der Waals surface area contributed by atoms with Gasteiger partial charge in [-0.3, -0.25) is 9.59 Å². The molecule has 2 rings (SSSR count). The first-order chi connectivity index (χ1) is 11.0. The zero-order chi connectivity index (χ0) is 16.7. The average Bonchev–Trinajstić information content (AvgIpc) is 2.55. The zero-order valence-electron chi connectivity index (χ0n) is 11.9. The van der Waals surface area contributed by atoms with E-state index in [-0.39, 0.29) is 10.8 Å². The van der Waals surface area contributed by atoms with Gasteiger partial charge in [0.1, 0.15) is 5.82 Å². The molecule has 0 fully saturated rings. The number of esters is 1. The summed E-state index contributed by atoms with van der Waals surface area (Å²) >= 11 is 6.93. The Morgan fingerprint density at radius 1 is 1.17 bits per heavy atom. The number of rotatable bonds is 6. The molecular formula is C16H13ClFNO3S. The number of amides is 1. The van der Waals surface area contributed by atoms with E-state index in [0.717, 1.165) is 11.0 Å². The highest BCUT2D eigenvalue weighted by molar-refractivity contribution is 8.00. The van der Waals surface area contributed by atoms with Gasteiger partial charge in [0.2, 0.25) is 0 Å². The quantitative estimate of drug-likeness (QED) is 0.634. The van der Waals surface area contributed by atoms with Crippen LogP contribution >= 0.6 is 23.4 Å². The Morgan fingerprint density at radius 2 is 1.91 bits per heavy atom. The van der Waals surface area contributed by atoms with Crippen molar-refractivity contribution in [3.05, 3.63) is 59.4 Å². The van der Waals surface area contributed by atoms with E-state index < -0.39 is 24.3 Å². The Kier molecular flexibility index (Phi) is 6.43. The molecule has 0 radical (unpaired) electrons. The summed E-state index contributed by atoms with van der Waals surface area (Å²) in [4.78, 5) is 24.2. The van der Waals surface area contributed by atoms with Gasteiger partial charge in [-0.2, -0.15) is 0 Å². The number of carbonyl (C=O) groups is 2. The van der Waals surface area contributed by atoms with Crippen LogP contribution in [0.3, 0.4) is 0 Å². The fourth-order valence-electron chi connectivity index (χ4n) is 1.62. The van der Waals surface area contributed by atoms with Crippen molar-refractivity contribution in [2.75, 3.05) is 17.7 Å². The summed E-state index contributed by atoms with van der Waals surface area (Å²) in [7, 11) is 0. The number of carbonyl (C=O) groups excluding carboxylic acids is 2. The van der Waals surface area contributed by atoms with E-state index in [1.807, 2.05) is 30.3 Å². The maximum Gasteiger partial charge on any atom is 0.316 e. The summed E-state index contributed by atoms with van der Waals surface area (Å²) in [5.74, 6) is -1.48. The van der Waals surface area contributed by atoms with E-state index in [9.17, 15) is 14.0 Å². The number of anilines is 1. The van der Waals surface area contributed by atoms with Gasteiger partial charge in [0.05, 0.1) is 10.8 Å². The Balaban J connectivity index is 1.73. The topological polar surface area (TPSA) is 55.4 Å². The van der Waals surface area contributed by atoms with Gasteiger partial charge in [0.15, 0.2) is 6.61 Å². The molecule has 120 valence electrons. The van der Waals surface area contributed by atoms with E-state index >= 15 is 0 Å². The third kappa shape index (κ3) is 5.92. The van der Waals surface area contributed by atoms with Crippen LogP contribution in [-0.4, -0.2) is 24.2 Å². The third-order valence-electron chi connectivity index (χ3n) is 2.67. The predicted molar refractivity (Wildman–Crippen MR) is 88.2 cm³/mol. The maximum absolute atomic E-state index is 13.0. The van der Waals surface area contributed by atoms with E-state index in [4.69, 9.17) is 16.3 Å². The summed E-state index contributed by atoms with van der Waals surface area (Å²) < 4.78 is 17.9. The Morgan fingerprint density at radius 3 is 2.61 bits per heavy atom. The molecule has 0 heterocycles. The van der Waals surface area contributed by atoms with Gasteiger partial charge >= 0.3 is 5.97 Å². The summed E-state index contributed by atoms with van der Waals surface area (Å²) in [5.41, 5.74) is 0.330. The fourth-order valence-corrected chi connectivity index (χ4v) is 2.52. The molecule has 2 aromatic rings. The lowest BCUT2D eigenvalue weighted by Gasteiger charge is -2.07. The molecular weight excluding hydrogens is 341 g/mol. The molecule has 0 atom stereocenters. The van der Waals surface area contributed by atoms with Gasteiger partial charge < -0.3 is 10.1 Å². The SMILES string of the molecule is O=C(COC(=O)CSc1ccccc1)Nc1ccc(F)c(Cl)c1. The zero-order valence-corrected chi connectivity index (χ0v) is 13.5. The van der Waals surface area contributed by atoms with Crippen LogP contribution in [0.25, 0.3) is 0 Å². The van der Waals surface area contributed by atoms with Crippen LogP contribution in [0.5, 0.6) is 0 Å². The second kappa shape index (κ2) is 8.55. The summed E-state index contributed by atoms with van der Waals surface area (Å²) in [6, 6.07) is 13.2. The standard InChI is InChI=1S/C16H13ClFNO3S/c17-13-8-11(6-7-14(13)18)19-15(20)9-22-16(21)10-23-12-4-2-1-3-5-12/h1-8H,9-10H2,(H,19,20). The molecule has 0 bridgehead atoms. The van der Waals surface area contributed by atoms with Crippen molar-refractivity contribution >= 4 is 40.9 Å². The highest BCUT2D eigenvalue weighted by Crippen LogP contribution is 2.19. The van der Waals surface area contributed by atoms with Gasteiger partial charge in [0, 0.05) is 10.6 Å². The fraction of sp³-hybridized carbons (Fsp3) is 0.125. The molecule has 0 aliphatic heterocycles. The van der Waals surface area contributed by atoms with E-state index in [0.29, 0.717) is 5.69 Å². The first kappa shape index (κ1) is 17.3. The van der Waals surface area contributed by atoms with Crippen LogP contribution in [0, 0.1) is 5.82 Å². The minimum atomic E-state index is -0.575. The van der Waals surface area contributed by atoms with Gasteiger partial charge in [-0.1, -0.05) is 29.8 Å². The van der Waals surface area contributed by atoms with Crippen molar-refractivity contribution in [3.8, 4) is 0 Å². The number of halogens is 2. The first-order valence-corrected chi connectivity index (χ1v) is 7.99. The monoisotopic (exact) mass is 353 g/mol. The normalized spacial score (nSPS) is 10.2. The van der Waals surface area contributed by atoms with Gasteiger partial charge in [-0.05, 0) is 30.3 Å². The van der Waals surface area contributed by atoms with Crippen molar-refractivity contribution < 1.29 is 18.7 Å². The lowest BCUT2D eigenvalue weighted by atomic mass is 10.3. The highest BCUT2D eigenvalue weighted by atomic mass is 35.5. The number of benzene rings is 2. The van der Waals surface area contributed by atoms with Gasteiger partial charge in [-0.15, -0.1) is 11.8 Å². The van der Waals surface area contributed by atoms with E-state index in [1.54, 1.807) is 0 Å². The van der Waals surface area contributed by atoms with E-state index in [2.05, 4.69) is 5.32 Å².